The lowest BCUT2D eigenvalue weighted by Gasteiger charge is -2.10. The van der Waals surface area contributed by atoms with Gasteiger partial charge in [0.25, 0.3) is 10.0 Å². The van der Waals surface area contributed by atoms with Crippen LogP contribution >= 0.6 is 34.9 Å². The average molecular weight is 361 g/mol. The second-order valence-electron chi connectivity index (χ2n) is 3.95. The van der Waals surface area contributed by atoms with Gasteiger partial charge >= 0.3 is 0 Å². The predicted octanol–water partition coefficient (Wildman–Crippen LogP) is 3.19. The second-order valence-corrected chi connectivity index (χ2v) is 6.90. The van der Waals surface area contributed by atoms with Crippen LogP contribution in [0.5, 0.6) is 0 Å². The number of nitrogens with one attached hydrogen (secondary N) is 1. The van der Waals surface area contributed by atoms with Gasteiger partial charge in [-0.05, 0) is 24.3 Å². The number of benzene rings is 1. The summed E-state index contributed by atoms with van der Waals surface area (Å²) in [6, 6.07) is 6.04. The van der Waals surface area contributed by atoms with E-state index >= 15 is 0 Å². The molecule has 21 heavy (non-hydrogen) atoms. The zero-order valence-corrected chi connectivity index (χ0v) is 13.3. The lowest BCUT2D eigenvalue weighted by Crippen LogP contribution is -2.14. The molecule has 0 saturated carbocycles. The first-order valence-electron chi connectivity index (χ1n) is 5.53. The van der Waals surface area contributed by atoms with Crippen LogP contribution in [-0.4, -0.2) is 22.1 Å². The van der Waals surface area contributed by atoms with Gasteiger partial charge in [0, 0.05) is 6.20 Å². The van der Waals surface area contributed by atoms with Gasteiger partial charge in [0.2, 0.25) is 0 Å². The third-order valence-corrected chi connectivity index (χ3v) is 5.28. The molecule has 0 fully saturated rings. The molecule has 0 unspecified atom stereocenters. The lowest BCUT2D eigenvalue weighted by molar-refractivity contribution is 0.601. The van der Waals surface area contributed by atoms with Crippen molar-refractivity contribution in [1.82, 2.24) is 13.7 Å². The summed E-state index contributed by atoms with van der Waals surface area (Å²) in [5, 5.41) is 0.100. The van der Waals surface area contributed by atoms with E-state index in [4.69, 9.17) is 23.2 Å². The highest BCUT2D eigenvalue weighted by Crippen LogP contribution is 2.32. The summed E-state index contributed by atoms with van der Waals surface area (Å²) >= 11 is 12.8. The molecule has 1 N–H and O–H groups in total. The number of anilines is 1. The molecule has 0 aliphatic rings. The summed E-state index contributed by atoms with van der Waals surface area (Å²) in [7, 11) is -3.93. The fourth-order valence-corrected chi connectivity index (χ4v) is 4.02. The van der Waals surface area contributed by atoms with Crippen LogP contribution in [0.25, 0.3) is 11.0 Å². The van der Waals surface area contributed by atoms with Crippen LogP contribution in [0.2, 0.25) is 10.2 Å². The highest BCUT2D eigenvalue weighted by molar-refractivity contribution is 7.92. The van der Waals surface area contributed by atoms with Gasteiger partial charge in [0.1, 0.15) is 21.1 Å². The first-order valence-corrected chi connectivity index (χ1v) is 8.50. The van der Waals surface area contributed by atoms with Crippen molar-refractivity contribution in [2.45, 2.75) is 4.90 Å². The van der Waals surface area contributed by atoms with Crippen LogP contribution in [0.15, 0.2) is 35.4 Å². The molecule has 6 nitrogen and oxygen atoms in total. The van der Waals surface area contributed by atoms with Gasteiger partial charge in [-0.1, -0.05) is 23.2 Å². The van der Waals surface area contributed by atoms with Gasteiger partial charge < -0.3 is 0 Å². The van der Waals surface area contributed by atoms with Gasteiger partial charge in [-0.2, -0.15) is 8.75 Å². The van der Waals surface area contributed by atoms with E-state index in [1.165, 1.54) is 18.3 Å². The molecule has 0 atom stereocenters. The van der Waals surface area contributed by atoms with Crippen LogP contribution in [0.3, 0.4) is 0 Å². The molecular formula is C11H6Cl2N4O2S2. The Morgan fingerprint density at radius 2 is 1.95 bits per heavy atom. The molecule has 10 heteroatoms. The van der Waals surface area contributed by atoms with Gasteiger partial charge in [0.05, 0.1) is 22.4 Å². The molecule has 0 aliphatic carbocycles. The molecule has 108 valence electrons. The molecule has 0 spiro atoms. The smallest absolute Gasteiger partial charge is 0.265 e. The Bertz CT molecular complexity index is 927. The number of rotatable bonds is 3. The number of fused-ring (bicyclic) bond motifs is 1. The third-order valence-electron chi connectivity index (χ3n) is 2.63. The molecular weight excluding hydrogens is 355 g/mol. The maximum atomic E-state index is 12.4. The fourth-order valence-electron chi connectivity index (χ4n) is 1.69. The normalized spacial score (nSPS) is 11.7. The van der Waals surface area contributed by atoms with E-state index in [1.54, 1.807) is 12.1 Å². The quantitative estimate of drug-likeness (QED) is 0.724. The van der Waals surface area contributed by atoms with Crippen LogP contribution in [-0.2, 0) is 10.0 Å². The van der Waals surface area contributed by atoms with Crippen molar-refractivity contribution in [3.8, 4) is 0 Å². The SMILES string of the molecule is O=S(=O)(Nc1c(Cl)ccc2nsnc12)c1cccnc1Cl. The summed E-state index contributed by atoms with van der Waals surface area (Å²) in [5.41, 5.74) is 1.11. The molecule has 2 aromatic heterocycles. The zero-order valence-electron chi connectivity index (χ0n) is 10.1. The van der Waals surface area contributed by atoms with Crippen molar-refractivity contribution in [2.24, 2.45) is 0 Å². The first kappa shape index (κ1) is 14.5. The van der Waals surface area contributed by atoms with E-state index in [2.05, 4.69) is 18.5 Å². The Balaban J connectivity index is 2.12. The maximum absolute atomic E-state index is 12.4. The zero-order chi connectivity index (χ0) is 15.0. The van der Waals surface area contributed by atoms with E-state index in [-0.39, 0.29) is 20.8 Å². The molecule has 0 saturated heterocycles. The van der Waals surface area contributed by atoms with E-state index in [0.717, 1.165) is 11.7 Å². The van der Waals surface area contributed by atoms with Crippen molar-refractivity contribution in [2.75, 3.05) is 4.72 Å². The molecule has 3 rings (SSSR count). The van der Waals surface area contributed by atoms with Crippen LogP contribution < -0.4 is 4.72 Å². The monoisotopic (exact) mass is 360 g/mol. The minimum atomic E-state index is -3.93. The summed E-state index contributed by atoms with van der Waals surface area (Å²) in [5.74, 6) is 0. The Morgan fingerprint density at radius 1 is 1.14 bits per heavy atom. The van der Waals surface area contributed by atoms with Gasteiger partial charge in [0.15, 0.2) is 0 Å². The minimum absolute atomic E-state index is 0.121. The number of nitrogens with zero attached hydrogens (tertiary/aromatic N) is 3. The molecule has 0 bridgehead atoms. The van der Waals surface area contributed by atoms with Crippen molar-refractivity contribution in [3.05, 3.63) is 40.6 Å². The number of sulfonamides is 1. The second kappa shape index (κ2) is 5.38. The number of hydrogen-bond acceptors (Lipinski definition) is 6. The van der Waals surface area contributed by atoms with Crippen molar-refractivity contribution < 1.29 is 8.42 Å². The number of halogens is 2. The third kappa shape index (κ3) is 2.67. The topological polar surface area (TPSA) is 84.8 Å². The Morgan fingerprint density at radius 3 is 2.71 bits per heavy atom. The first-order chi connectivity index (χ1) is 9.99. The van der Waals surface area contributed by atoms with Crippen LogP contribution in [0.1, 0.15) is 0 Å². The average Bonchev–Trinajstić information content (AvgIpc) is 2.91. The van der Waals surface area contributed by atoms with Crippen molar-refractivity contribution in [3.63, 3.8) is 0 Å². The molecule has 0 amide bonds. The molecule has 0 radical (unpaired) electrons. The van der Waals surface area contributed by atoms with E-state index in [0.29, 0.717) is 11.0 Å². The highest BCUT2D eigenvalue weighted by atomic mass is 35.5. The molecule has 3 aromatic rings. The van der Waals surface area contributed by atoms with Crippen molar-refractivity contribution in [1.29, 1.82) is 0 Å². The summed E-state index contributed by atoms with van der Waals surface area (Å²) in [6.07, 6.45) is 1.40. The van der Waals surface area contributed by atoms with Gasteiger partial charge in [-0.3, -0.25) is 4.72 Å². The molecule has 0 aliphatic heterocycles. The summed E-state index contributed by atoms with van der Waals surface area (Å²) < 4.78 is 35.3. The van der Waals surface area contributed by atoms with Crippen LogP contribution in [0.4, 0.5) is 5.69 Å². The largest absolute Gasteiger partial charge is 0.276 e. The van der Waals surface area contributed by atoms with Gasteiger partial charge in [-0.15, -0.1) is 0 Å². The van der Waals surface area contributed by atoms with Crippen LogP contribution in [0, 0.1) is 0 Å². The fraction of sp³-hybridized carbons (Fsp3) is 0. The number of pyridine rings is 1. The van der Waals surface area contributed by atoms with E-state index in [9.17, 15) is 8.42 Å². The molecule has 1 aromatic carbocycles. The minimum Gasteiger partial charge on any atom is -0.276 e. The predicted molar refractivity (Wildman–Crippen MR) is 82.5 cm³/mol. The number of aromatic nitrogens is 3. The standard InChI is InChI=1S/C11H6Cl2N4O2S2/c12-6-3-4-7-10(16-20-15-7)9(6)17-21(18,19)8-2-1-5-14-11(8)13/h1-5,17H. The Hall–Kier alpha value is -1.48. The summed E-state index contributed by atoms with van der Waals surface area (Å²) in [4.78, 5) is 3.61. The Kier molecular flexibility index (Phi) is 3.70. The van der Waals surface area contributed by atoms with Gasteiger partial charge in [-0.25, -0.2) is 13.4 Å². The maximum Gasteiger partial charge on any atom is 0.265 e. The Labute approximate surface area is 134 Å². The number of hydrogen-bond donors (Lipinski definition) is 1. The highest BCUT2D eigenvalue weighted by Gasteiger charge is 2.22. The molecule has 2 heterocycles. The van der Waals surface area contributed by atoms with E-state index in [1.807, 2.05) is 0 Å². The van der Waals surface area contributed by atoms with E-state index < -0.39 is 10.0 Å². The van der Waals surface area contributed by atoms with Crippen molar-refractivity contribution >= 4 is 61.7 Å². The lowest BCUT2D eigenvalue weighted by atomic mass is 10.3. The summed E-state index contributed by atoms with van der Waals surface area (Å²) in [6.45, 7) is 0.